The highest BCUT2D eigenvalue weighted by Crippen LogP contribution is 2.19. The van der Waals surface area contributed by atoms with Crippen LogP contribution in [0, 0.1) is 12.8 Å². The maximum atomic E-state index is 12.9. The van der Waals surface area contributed by atoms with Gasteiger partial charge in [-0.25, -0.2) is 13.2 Å². The monoisotopic (exact) mass is 465 g/mol. The van der Waals surface area contributed by atoms with Crippen LogP contribution < -0.4 is 5.32 Å². The van der Waals surface area contributed by atoms with Crippen LogP contribution in [0.5, 0.6) is 0 Å². The van der Waals surface area contributed by atoms with E-state index in [1.165, 1.54) is 28.6 Å². The Balaban J connectivity index is 1.70. The third-order valence-corrected chi connectivity index (χ3v) is 6.84. The molecule has 1 amide bonds. The van der Waals surface area contributed by atoms with E-state index in [1.807, 2.05) is 0 Å². The van der Waals surface area contributed by atoms with Gasteiger partial charge in [-0.3, -0.25) is 4.79 Å². The molecule has 174 valence electrons. The van der Waals surface area contributed by atoms with E-state index < -0.39 is 27.9 Å². The molecule has 32 heavy (non-hydrogen) atoms. The van der Waals surface area contributed by atoms with Crippen molar-refractivity contribution in [1.82, 2.24) is 14.8 Å². The average molecular weight is 466 g/mol. The first-order valence-corrected chi connectivity index (χ1v) is 11.7. The molecule has 1 aromatic carbocycles. The second kappa shape index (κ2) is 10.2. The number of hydrogen-bond acceptors (Lipinski definition) is 8. The van der Waals surface area contributed by atoms with Crippen LogP contribution in [-0.4, -0.2) is 62.1 Å². The quantitative estimate of drug-likeness (QED) is 0.581. The molecule has 1 aliphatic rings. The van der Waals surface area contributed by atoms with Crippen LogP contribution in [0.25, 0.3) is 0 Å². The summed E-state index contributed by atoms with van der Waals surface area (Å²) < 4.78 is 42.6. The Labute approximate surface area is 186 Å². The molecule has 1 saturated heterocycles. The van der Waals surface area contributed by atoms with Crippen molar-refractivity contribution in [3.63, 3.8) is 0 Å². The van der Waals surface area contributed by atoms with Gasteiger partial charge in [0.05, 0.1) is 23.8 Å². The van der Waals surface area contributed by atoms with Crippen molar-refractivity contribution in [3.05, 3.63) is 47.3 Å². The van der Waals surface area contributed by atoms with Crippen LogP contribution in [0.15, 0.2) is 39.8 Å². The predicted octanol–water partition coefficient (Wildman–Crippen LogP) is 1.50. The molecule has 3 rings (SSSR count). The standard InChI is InChI=1S/C21H27N3O7S/c1-14(2)19(21(26)30-13-17-11-15(3)23-31-17)22-20(25)16-5-4-6-18(12-16)32(27,28)24-7-9-29-10-8-24/h4-6,11-12,14,19H,7-10,13H2,1-3H3,(H,22,25)/t19-/m0/s1. The fourth-order valence-electron chi connectivity index (χ4n) is 3.17. The molecule has 10 nitrogen and oxygen atoms in total. The number of esters is 1. The van der Waals surface area contributed by atoms with Crippen LogP contribution in [-0.2, 0) is 30.9 Å². The summed E-state index contributed by atoms with van der Waals surface area (Å²) in [6.07, 6.45) is 0. The van der Waals surface area contributed by atoms with Gasteiger partial charge in [0.1, 0.15) is 6.04 Å². The molecule has 1 aliphatic heterocycles. The first kappa shape index (κ1) is 23.9. The Hall–Kier alpha value is -2.76. The van der Waals surface area contributed by atoms with Gasteiger partial charge in [-0.15, -0.1) is 0 Å². The number of hydrogen-bond donors (Lipinski definition) is 1. The molecule has 0 aliphatic carbocycles. The van der Waals surface area contributed by atoms with Gasteiger partial charge in [-0.1, -0.05) is 25.1 Å². The minimum absolute atomic E-state index is 0.0106. The summed E-state index contributed by atoms with van der Waals surface area (Å²) in [6, 6.07) is 6.46. The topological polar surface area (TPSA) is 128 Å². The number of nitrogens with zero attached hydrogens (tertiary/aromatic N) is 2. The zero-order valence-electron chi connectivity index (χ0n) is 18.2. The molecule has 0 spiro atoms. The van der Waals surface area contributed by atoms with Crippen molar-refractivity contribution in [2.75, 3.05) is 26.3 Å². The summed E-state index contributed by atoms with van der Waals surface area (Å²) in [6.45, 7) is 6.34. The van der Waals surface area contributed by atoms with Gasteiger partial charge in [0.15, 0.2) is 12.4 Å². The molecular weight excluding hydrogens is 438 g/mol. The van der Waals surface area contributed by atoms with Gasteiger partial charge in [-0.2, -0.15) is 4.31 Å². The average Bonchev–Trinajstić information content (AvgIpc) is 3.21. The summed E-state index contributed by atoms with van der Waals surface area (Å²) in [5.74, 6) is -1.07. The first-order valence-electron chi connectivity index (χ1n) is 10.3. The zero-order chi connectivity index (χ0) is 23.3. The van der Waals surface area contributed by atoms with Crippen molar-refractivity contribution < 1.29 is 32.0 Å². The molecule has 2 heterocycles. The number of morpholine rings is 1. The number of carbonyl (C=O) groups excluding carboxylic acids is 2. The van der Waals surface area contributed by atoms with E-state index in [-0.39, 0.29) is 36.1 Å². The molecule has 2 aromatic rings. The van der Waals surface area contributed by atoms with E-state index in [9.17, 15) is 18.0 Å². The fourth-order valence-corrected chi connectivity index (χ4v) is 4.63. The number of aromatic nitrogens is 1. The largest absolute Gasteiger partial charge is 0.456 e. The van der Waals surface area contributed by atoms with E-state index in [1.54, 1.807) is 26.8 Å². The summed E-state index contributed by atoms with van der Waals surface area (Å²) in [5, 5.41) is 6.37. The van der Waals surface area contributed by atoms with Crippen LogP contribution >= 0.6 is 0 Å². The minimum atomic E-state index is -3.75. The van der Waals surface area contributed by atoms with Crippen LogP contribution in [0.3, 0.4) is 0 Å². The molecule has 0 radical (unpaired) electrons. The molecule has 1 atom stereocenters. The van der Waals surface area contributed by atoms with Gasteiger partial charge in [-0.05, 0) is 31.0 Å². The number of amides is 1. The van der Waals surface area contributed by atoms with E-state index >= 15 is 0 Å². The number of carbonyl (C=O) groups is 2. The van der Waals surface area contributed by atoms with Crippen LogP contribution in [0.1, 0.15) is 35.7 Å². The zero-order valence-corrected chi connectivity index (χ0v) is 19.1. The van der Waals surface area contributed by atoms with Crippen molar-refractivity contribution in [2.24, 2.45) is 5.92 Å². The lowest BCUT2D eigenvalue weighted by molar-refractivity contribution is -0.149. The highest BCUT2D eigenvalue weighted by molar-refractivity contribution is 7.89. The predicted molar refractivity (Wildman–Crippen MR) is 113 cm³/mol. The number of sulfonamides is 1. The first-order chi connectivity index (χ1) is 15.2. The maximum Gasteiger partial charge on any atom is 0.329 e. The smallest absolute Gasteiger partial charge is 0.329 e. The molecule has 0 saturated carbocycles. The van der Waals surface area contributed by atoms with E-state index in [0.717, 1.165) is 0 Å². The Morgan fingerprint density at radius 2 is 1.94 bits per heavy atom. The maximum absolute atomic E-state index is 12.9. The second-order valence-electron chi connectivity index (χ2n) is 7.78. The van der Waals surface area contributed by atoms with E-state index in [0.29, 0.717) is 24.7 Å². The summed E-state index contributed by atoms with van der Waals surface area (Å²) >= 11 is 0. The molecule has 1 aromatic heterocycles. The summed E-state index contributed by atoms with van der Waals surface area (Å²) in [4.78, 5) is 25.4. The van der Waals surface area contributed by atoms with Crippen molar-refractivity contribution in [1.29, 1.82) is 0 Å². The highest BCUT2D eigenvalue weighted by atomic mass is 32.2. The van der Waals surface area contributed by atoms with Gasteiger partial charge >= 0.3 is 5.97 Å². The van der Waals surface area contributed by atoms with Gasteiger partial charge < -0.3 is 19.3 Å². The molecule has 11 heteroatoms. The Bertz CT molecular complexity index is 1060. The second-order valence-corrected chi connectivity index (χ2v) is 9.72. The van der Waals surface area contributed by atoms with Crippen molar-refractivity contribution in [3.8, 4) is 0 Å². The van der Waals surface area contributed by atoms with Gasteiger partial charge in [0.25, 0.3) is 5.91 Å². The van der Waals surface area contributed by atoms with E-state index in [2.05, 4.69) is 10.5 Å². The lowest BCUT2D eigenvalue weighted by Gasteiger charge is -2.26. The lowest BCUT2D eigenvalue weighted by atomic mass is 10.0. The lowest BCUT2D eigenvalue weighted by Crippen LogP contribution is -2.45. The third kappa shape index (κ3) is 5.72. The van der Waals surface area contributed by atoms with E-state index in [4.69, 9.17) is 14.0 Å². The molecule has 0 bridgehead atoms. The number of rotatable bonds is 8. The molecular formula is C21H27N3O7S. The molecule has 1 fully saturated rings. The van der Waals surface area contributed by atoms with Gasteiger partial charge in [0, 0.05) is 24.7 Å². The Morgan fingerprint density at radius 3 is 2.56 bits per heavy atom. The molecule has 1 N–H and O–H groups in total. The number of benzene rings is 1. The number of aryl methyl sites for hydroxylation is 1. The number of ether oxygens (including phenoxy) is 2. The minimum Gasteiger partial charge on any atom is -0.456 e. The highest BCUT2D eigenvalue weighted by Gasteiger charge is 2.29. The SMILES string of the molecule is Cc1cc(COC(=O)[C@@H](NC(=O)c2cccc(S(=O)(=O)N3CCOCC3)c2)C(C)C)on1. The molecule has 0 unspecified atom stereocenters. The normalized spacial score (nSPS) is 16.0. The number of nitrogens with one attached hydrogen (secondary N) is 1. The Morgan fingerprint density at radius 1 is 1.22 bits per heavy atom. The Kier molecular flexibility index (Phi) is 7.64. The van der Waals surface area contributed by atoms with Crippen LogP contribution in [0.4, 0.5) is 0 Å². The van der Waals surface area contributed by atoms with Crippen LogP contribution in [0.2, 0.25) is 0 Å². The fraction of sp³-hybridized carbons (Fsp3) is 0.476. The van der Waals surface area contributed by atoms with Crippen molar-refractivity contribution in [2.45, 2.75) is 38.3 Å². The summed E-state index contributed by atoms with van der Waals surface area (Å²) in [5.41, 5.74) is 0.792. The summed E-state index contributed by atoms with van der Waals surface area (Å²) in [7, 11) is -3.75. The van der Waals surface area contributed by atoms with Crippen molar-refractivity contribution >= 4 is 21.9 Å². The third-order valence-electron chi connectivity index (χ3n) is 4.94. The van der Waals surface area contributed by atoms with Gasteiger partial charge in [0.2, 0.25) is 10.0 Å².